The van der Waals surface area contributed by atoms with E-state index in [0.29, 0.717) is 16.6 Å². The van der Waals surface area contributed by atoms with Crippen LogP contribution in [0, 0.1) is 13.8 Å². The van der Waals surface area contributed by atoms with Crippen molar-refractivity contribution >= 4 is 23.4 Å². The van der Waals surface area contributed by atoms with Crippen LogP contribution in [0.3, 0.4) is 0 Å². The fourth-order valence-corrected chi connectivity index (χ4v) is 3.45. The zero-order valence-corrected chi connectivity index (χ0v) is 16.4. The number of aromatic nitrogens is 4. The van der Waals surface area contributed by atoms with Crippen LogP contribution >= 0.6 is 11.8 Å². The van der Waals surface area contributed by atoms with E-state index in [2.05, 4.69) is 26.9 Å². The molecule has 0 spiro atoms. The van der Waals surface area contributed by atoms with Gasteiger partial charge in [0.2, 0.25) is 11.1 Å². The molecule has 3 rings (SSSR count). The molecule has 0 aliphatic rings. The van der Waals surface area contributed by atoms with Gasteiger partial charge in [-0.25, -0.2) is 0 Å². The van der Waals surface area contributed by atoms with Gasteiger partial charge in [0.1, 0.15) is 5.75 Å². The molecule has 27 heavy (non-hydrogen) atoms. The number of thioether (sulfide) groups is 1. The molecule has 3 aromatic rings. The number of hydrogen-bond acceptors (Lipinski definition) is 6. The SMILES string of the molecule is COc1cccc(NC(=O)[C@@H](C)Sc2nnnn2-c2cc(C)cc(C)c2)c1. The van der Waals surface area contributed by atoms with Crippen LogP contribution in [-0.4, -0.2) is 38.5 Å². The summed E-state index contributed by atoms with van der Waals surface area (Å²) in [6, 6.07) is 13.3. The minimum Gasteiger partial charge on any atom is -0.497 e. The number of amides is 1. The molecule has 1 atom stereocenters. The molecule has 0 unspecified atom stereocenters. The van der Waals surface area contributed by atoms with E-state index in [9.17, 15) is 4.79 Å². The predicted molar refractivity (Wildman–Crippen MR) is 106 cm³/mol. The molecule has 0 saturated heterocycles. The van der Waals surface area contributed by atoms with Crippen molar-refractivity contribution in [2.45, 2.75) is 31.2 Å². The third kappa shape index (κ3) is 4.65. The highest BCUT2D eigenvalue weighted by molar-refractivity contribution is 8.00. The average molecular weight is 383 g/mol. The third-order valence-electron chi connectivity index (χ3n) is 3.88. The van der Waals surface area contributed by atoms with Gasteiger partial charge in [-0.15, -0.1) is 5.10 Å². The average Bonchev–Trinajstić information content (AvgIpc) is 3.09. The maximum Gasteiger partial charge on any atom is 0.237 e. The number of nitrogens with one attached hydrogen (secondary N) is 1. The quantitative estimate of drug-likeness (QED) is 0.657. The second kappa shape index (κ2) is 8.22. The van der Waals surface area contributed by atoms with Crippen LogP contribution in [0.2, 0.25) is 0 Å². The normalized spacial score (nSPS) is 11.9. The Morgan fingerprint density at radius 3 is 2.63 bits per heavy atom. The molecular weight excluding hydrogens is 362 g/mol. The number of tetrazole rings is 1. The van der Waals surface area contributed by atoms with Gasteiger partial charge in [0.25, 0.3) is 0 Å². The van der Waals surface area contributed by atoms with E-state index in [0.717, 1.165) is 16.8 Å². The first-order valence-corrected chi connectivity index (χ1v) is 9.33. The van der Waals surface area contributed by atoms with E-state index in [1.807, 2.05) is 51.1 Å². The summed E-state index contributed by atoms with van der Waals surface area (Å²) < 4.78 is 6.83. The molecule has 7 nitrogen and oxygen atoms in total. The van der Waals surface area contributed by atoms with Gasteiger partial charge in [0.15, 0.2) is 0 Å². The van der Waals surface area contributed by atoms with Crippen LogP contribution in [-0.2, 0) is 4.79 Å². The van der Waals surface area contributed by atoms with E-state index in [1.165, 1.54) is 11.8 Å². The van der Waals surface area contributed by atoms with Gasteiger partial charge in [-0.3, -0.25) is 4.79 Å². The largest absolute Gasteiger partial charge is 0.497 e. The smallest absolute Gasteiger partial charge is 0.237 e. The number of hydrogen-bond donors (Lipinski definition) is 1. The molecule has 1 heterocycles. The lowest BCUT2D eigenvalue weighted by molar-refractivity contribution is -0.115. The highest BCUT2D eigenvalue weighted by Gasteiger charge is 2.19. The first kappa shape index (κ1) is 18.9. The lowest BCUT2D eigenvalue weighted by Crippen LogP contribution is -2.23. The fraction of sp³-hybridized carbons (Fsp3) is 0.263. The topological polar surface area (TPSA) is 81.9 Å². The Bertz CT molecular complexity index is 937. The molecule has 1 aromatic heterocycles. The molecule has 1 N–H and O–H groups in total. The molecule has 0 aliphatic carbocycles. The summed E-state index contributed by atoms with van der Waals surface area (Å²) >= 11 is 1.30. The van der Waals surface area contributed by atoms with Crippen molar-refractivity contribution in [3.05, 3.63) is 53.6 Å². The highest BCUT2D eigenvalue weighted by Crippen LogP contribution is 2.25. The van der Waals surface area contributed by atoms with Crippen molar-refractivity contribution in [1.29, 1.82) is 0 Å². The summed E-state index contributed by atoms with van der Waals surface area (Å²) in [5, 5.41) is 15.0. The standard InChI is InChI=1S/C19H21N5O2S/c1-12-8-13(2)10-16(9-12)24-19(21-22-23-24)27-14(3)18(25)20-15-6-5-7-17(11-15)26-4/h5-11,14H,1-4H3,(H,20,25)/t14-/m1/s1. The van der Waals surface area contributed by atoms with E-state index >= 15 is 0 Å². The number of carbonyl (C=O) groups excluding carboxylic acids is 1. The fourth-order valence-electron chi connectivity index (χ4n) is 2.64. The summed E-state index contributed by atoms with van der Waals surface area (Å²) in [4.78, 5) is 12.5. The number of benzene rings is 2. The summed E-state index contributed by atoms with van der Waals surface area (Å²) in [5.41, 5.74) is 3.81. The highest BCUT2D eigenvalue weighted by atomic mass is 32.2. The van der Waals surface area contributed by atoms with Crippen LogP contribution in [0.1, 0.15) is 18.1 Å². The Morgan fingerprint density at radius 2 is 1.93 bits per heavy atom. The first-order valence-electron chi connectivity index (χ1n) is 8.45. The predicted octanol–water partition coefficient (Wildman–Crippen LogP) is 3.41. The lowest BCUT2D eigenvalue weighted by Gasteiger charge is -2.12. The Labute approximate surface area is 162 Å². The molecule has 0 radical (unpaired) electrons. The van der Waals surface area contributed by atoms with Gasteiger partial charge in [-0.1, -0.05) is 23.9 Å². The monoisotopic (exact) mass is 383 g/mol. The van der Waals surface area contributed by atoms with Gasteiger partial charge in [-0.05, 0) is 66.6 Å². The molecule has 1 amide bonds. The van der Waals surface area contributed by atoms with Crippen molar-refractivity contribution in [2.24, 2.45) is 0 Å². The summed E-state index contributed by atoms with van der Waals surface area (Å²) in [6.45, 7) is 5.87. The van der Waals surface area contributed by atoms with E-state index < -0.39 is 0 Å². The minimum atomic E-state index is -0.383. The maximum atomic E-state index is 12.5. The third-order valence-corrected chi connectivity index (χ3v) is 4.91. The molecule has 0 bridgehead atoms. The van der Waals surface area contributed by atoms with E-state index in [-0.39, 0.29) is 11.2 Å². The van der Waals surface area contributed by atoms with Crippen LogP contribution in [0.25, 0.3) is 5.69 Å². The minimum absolute atomic E-state index is 0.136. The first-order chi connectivity index (χ1) is 13.0. The van der Waals surface area contributed by atoms with Crippen molar-refractivity contribution in [2.75, 3.05) is 12.4 Å². The molecule has 2 aromatic carbocycles. The molecule has 0 aliphatic heterocycles. The van der Waals surface area contributed by atoms with Crippen molar-refractivity contribution in [3.63, 3.8) is 0 Å². The number of carbonyl (C=O) groups is 1. The Kier molecular flexibility index (Phi) is 5.75. The number of aryl methyl sites for hydroxylation is 2. The second-order valence-corrected chi connectivity index (χ2v) is 7.51. The number of rotatable bonds is 6. The Morgan fingerprint density at radius 1 is 1.19 bits per heavy atom. The van der Waals surface area contributed by atoms with Gasteiger partial charge >= 0.3 is 0 Å². The summed E-state index contributed by atoms with van der Waals surface area (Å²) in [5.74, 6) is 0.551. The molecular formula is C19H21N5O2S. The lowest BCUT2D eigenvalue weighted by atomic mass is 10.1. The van der Waals surface area contributed by atoms with Crippen LogP contribution in [0.15, 0.2) is 47.6 Å². The number of ether oxygens (including phenoxy) is 1. The molecule has 0 fully saturated rings. The second-order valence-electron chi connectivity index (χ2n) is 6.20. The number of anilines is 1. The van der Waals surface area contributed by atoms with Gasteiger partial charge in [-0.2, -0.15) is 4.68 Å². The van der Waals surface area contributed by atoms with Crippen molar-refractivity contribution < 1.29 is 9.53 Å². The number of methoxy groups -OCH3 is 1. The maximum absolute atomic E-state index is 12.5. The summed E-state index contributed by atoms with van der Waals surface area (Å²) in [6.07, 6.45) is 0. The van der Waals surface area contributed by atoms with Crippen LogP contribution in [0.5, 0.6) is 5.75 Å². The van der Waals surface area contributed by atoms with E-state index in [4.69, 9.17) is 4.74 Å². The molecule has 8 heteroatoms. The van der Waals surface area contributed by atoms with Gasteiger partial charge < -0.3 is 10.1 Å². The Balaban J connectivity index is 1.73. The van der Waals surface area contributed by atoms with Crippen LogP contribution in [0.4, 0.5) is 5.69 Å². The van der Waals surface area contributed by atoms with Gasteiger partial charge in [0.05, 0.1) is 18.0 Å². The van der Waals surface area contributed by atoms with Crippen molar-refractivity contribution in [1.82, 2.24) is 20.2 Å². The van der Waals surface area contributed by atoms with Crippen LogP contribution < -0.4 is 10.1 Å². The van der Waals surface area contributed by atoms with Gasteiger partial charge in [0, 0.05) is 11.8 Å². The molecule has 140 valence electrons. The zero-order chi connectivity index (χ0) is 19.4. The Hall–Kier alpha value is -2.87. The van der Waals surface area contributed by atoms with Crippen molar-refractivity contribution in [3.8, 4) is 11.4 Å². The summed E-state index contributed by atoms with van der Waals surface area (Å²) in [7, 11) is 1.59. The number of nitrogens with zero attached hydrogens (tertiary/aromatic N) is 4. The molecule has 0 saturated carbocycles. The zero-order valence-electron chi connectivity index (χ0n) is 15.6. The van der Waals surface area contributed by atoms with E-state index in [1.54, 1.807) is 17.9 Å².